The summed E-state index contributed by atoms with van der Waals surface area (Å²) in [7, 11) is -3.79. The third kappa shape index (κ3) is 4.46. The molecule has 2 N–H and O–H groups in total. The van der Waals surface area contributed by atoms with Crippen molar-refractivity contribution in [2.24, 2.45) is 0 Å². The molecule has 2 aliphatic rings. The Morgan fingerprint density at radius 1 is 1.17 bits per heavy atom. The van der Waals surface area contributed by atoms with Crippen molar-refractivity contribution in [1.29, 1.82) is 0 Å². The van der Waals surface area contributed by atoms with E-state index >= 15 is 0 Å². The molecule has 0 radical (unpaired) electrons. The van der Waals surface area contributed by atoms with Crippen LogP contribution in [0.5, 0.6) is 0 Å². The zero-order chi connectivity index (χ0) is 17.3. The molecule has 9 heteroatoms. The topological polar surface area (TPSA) is 102 Å². The van der Waals surface area contributed by atoms with E-state index in [1.807, 2.05) is 0 Å². The van der Waals surface area contributed by atoms with Crippen molar-refractivity contribution >= 4 is 33.5 Å². The lowest BCUT2D eigenvalue weighted by Crippen LogP contribution is -2.30. The third-order valence-electron chi connectivity index (χ3n) is 3.63. The molecule has 130 valence electrons. The molecule has 1 amide bonds. The molecule has 0 unspecified atom stereocenters. The first-order chi connectivity index (χ1) is 11.3. The van der Waals surface area contributed by atoms with Crippen molar-refractivity contribution in [3.63, 3.8) is 0 Å². The van der Waals surface area contributed by atoms with Gasteiger partial charge >= 0.3 is 5.97 Å². The van der Waals surface area contributed by atoms with E-state index in [1.54, 1.807) is 0 Å². The van der Waals surface area contributed by atoms with Crippen LogP contribution in [-0.2, 0) is 19.6 Å². The Kier molecular flexibility index (Phi) is 4.80. The second kappa shape index (κ2) is 6.70. The number of rotatable bonds is 7. The van der Waals surface area contributed by atoms with E-state index in [4.69, 9.17) is 16.3 Å². The van der Waals surface area contributed by atoms with Gasteiger partial charge in [-0.05, 0) is 43.9 Å². The van der Waals surface area contributed by atoms with Gasteiger partial charge in [-0.25, -0.2) is 17.9 Å². The van der Waals surface area contributed by atoms with Gasteiger partial charge in [0.15, 0.2) is 6.61 Å². The average molecular weight is 373 g/mol. The summed E-state index contributed by atoms with van der Waals surface area (Å²) in [5.74, 6) is -1.15. The lowest BCUT2D eigenvalue weighted by Gasteiger charge is -2.10. The fourth-order valence-corrected chi connectivity index (χ4v) is 3.86. The summed E-state index contributed by atoms with van der Waals surface area (Å²) >= 11 is 5.95. The molecule has 2 aliphatic carbocycles. The van der Waals surface area contributed by atoms with Crippen LogP contribution in [0.25, 0.3) is 0 Å². The maximum absolute atomic E-state index is 12.3. The molecule has 1 aromatic rings. The third-order valence-corrected chi connectivity index (χ3v) is 5.63. The number of carbonyl (C=O) groups is 2. The summed E-state index contributed by atoms with van der Waals surface area (Å²) in [5.41, 5.74) is 0.0230. The number of nitrogens with one attached hydrogen (secondary N) is 2. The minimum atomic E-state index is -3.79. The van der Waals surface area contributed by atoms with Crippen molar-refractivity contribution in [2.75, 3.05) is 6.61 Å². The van der Waals surface area contributed by atoms with Crippen molar-refractivity contribution in [3.8, 4) is 0 Å². The van der Waals surface area contributed by atoms with Crippen LogP contribution in [0.2, 0.25) is 5.02 Å². The Hall–Kier alpha value is -1.64. The first-order valence-electron chi connectivity index (χ1n) is 7.63. The van der Waals surface area contributed by atoms with Gasteiger partial charge in [-0.15, -0.1) is 0 Å². The maximum Gasteiger partial charge on any atom is 0.338 e. The molecule has 0 bridgehead atoms. The number of sulfonamides is 1. The highest BCUT2D eigenvalue weighted by Crippen LogP contribution is 2.27. The molecular formula is C15H17ClN2O5S. The molecule has 7 nitrogen and oxygen atoms in total. The van der Waals surface area contributed by atoms with Gasteiger partial charge in [-0.3, -0.25) is 4.79 Å². The number of ether oxygens (including phenoxy) is 1. The molecule has 2 fully saturated rings. The zero-order valence-electron chi connectivity index (χ0n) is 12.7. The van der Waals surface area contributed by atoms with Gasteiger partial charge in [-0.2, -0.15) is 0 Å². The predicted molar refractivity (Wildman–Crippen MR) is 86.2 cm³/mol. The molecule has 0 atom stereocenters. The highest BCUT2D eigenvalue weighted by atomic mass is 35.5. The predicted octanol–water partition coefficient (Wildman–Crippen LogP) is 1.22. The number of esters is 1. The van der Waals surface area contributed by atoms with E-state index in [1.165, 1.54) is 12.1 Å². The van der Waals surface area contributed by atoms with Gasteiger partial charge in [0.05, 0.1) is 10.6 Å². The molecule has 1 aromatic carbocycles. The van der Waals surface area contributed by atoms with Crippen LogP contribution in [-0.4, -0.2) is 39.0 Å². The lowest BCUT2D eigenvalue weighted by molar-refractivity contribution is -0.124. The minimum absolute atomic E-state index is 0.0196. The van der Waals surface area contributed by atoms with E-state index in [-0.39, 0.29) is 33.5 Å². The normalized spacial score (nSPS) is 17.4. The largest absolute Gasteiger partial charge is 0.452 e. The number of halogens is 1. The Morgan fingerprint density at radius 3 is 2.46 bits per heavy atom. The maximum atomic E-state index is 12.3. The van der Waals surface area contributed by atoms with Crippen LogP contribution in [0.1, 0.15) is 36.0 Å². The number of hydrogen-bond acceptors (Lipinski definition) is 5. The van der Waals surface area contributed by atoms with Gasteiger partial charge in [0.2, 0.25) is 10.0 Å². The Bertz CT molecular complexity index is 772. The highest BCUT2D eigenvalue weighted by molar-refractivity contribution is 7.89. The summed E-state index contributed by atoms with van der Waals surface area (Å²) in [6, 6.07) is 3.95. The number of benzene rings is 1. The van der Waals surface area contributed by atoms with Crippen LogP contribution in [0.3, 0.4) is 0 Å². The van der Waals surface area contributed by atoms with Crippen LogP contribution in [0.15, 0.2) is 23.1 Å². The Balaban J connectivity index is 1.67. The fraction of sp³-hybridized carbons (Fsp3) is 0.467. The minimum Gasteiger partial charge on any atom is -0.452 e. The Labute approximate surface area is 144 Å². The standard InChI is InChI=1S/C15H17ClN2O5S/c16-12-6-1-9(7-13(12)24(21,22)18-11-4-5-11)15(20)23-8-14(19)17-10-2-3-10/h1,6-7,10-11,18H,2-5,8H2,(H,17,19). The summed E-state index contributed by atoms with van der Waals surface area (Å²) in [4.78, 5) is 23.4. The molecule has 0 saturated heterocycles. The molecule has 0 spiro atoms. The fourth-order valence-electron chi connectivity index (χ4n) is 2.03. The number of hydrogen-bond donors (Lipinski definition) is 2. The van der Waals surface area contributed by atoms with Crippen LogP contribution in [0.4, 0.5) is 0 Å². The van der Waals surface area contributed by atoms with Crippen molar-refractivity contribution < 1.29 is 22.7 Å². The summed E-state index contributed by atoms with van der Waals surface area (Å²) < 4.78 is 31.9. The van der Waals surface area contributed by atoms with E-state index in [0.717, 1.165) is 31.7 Å². The first kappa shape index (κ1) is 17.2. The van der Waals surface area contributed by atoms with E-state index in [2.05, 4.69) is 10.0 Å². The van der Waals surface area contributed by atoms with Crippen molar-refractivity contribution in [2.45, 2.75) is 42.7 Å². The van der Waals surface area contributed by atoms with Crippen LogP contribution in [0, 0.1) is 0 Å². The monoisotopic (exact) mass is 372 g/mol. The van der Waals surface area contributed by atoms with Crippen molar-refractivity contribution in [3.05, 3.63) is 28.8 Å². The molecule has 0 aliphatic heterocycles. The van der Waals surface area contributed by atoms with E-state index in [0.29, 0.717) is 0 Å². The Morgan fingerprint density at radius 2 is 1.83 bits per heavy atom. The SMILES string of the molecule is O=C(COC(=O)c1ccc(Cl)c(S(=O)(=O)NC2CC2)c1)NC1CC1. The first-order valence-corrected chi connectivity index (χ1v) is 9.49. The lowest BCUT2D eigenvalue weighted by atomic mass is 10.2. The molecule has 24 heavy (non-hydrogen) atoms. The molecular weight excluding hydrogens is 356 g/mol. The summed E-state index contributed by atoms with van der Waals surface area (Å²) in [5, 5.41) is 2.71. The molecule has 2 saturated carbocycles. The van der Waals surface area contributed by atoms with Crippen molar-refractivity contribution in [1.82, 2.24) is 10.0 Å². The second-order valence-electron chi connectivity index (χ2n) is 5.96. The number of amides is 1. The summed E-state index contributed by atoms with van der Waals surface area (Å²) in [6.45, 7) is -0.402. The van der Waals surface area contributed by atoms with Gasteiger partial charge in [0.1, 0.15) is 4.90 Å². The molecule has 0 heterocycles. The smallest absolute Gasteiger partial charge is 0.338 e. The molecule has 0 aromatic heterocycles. The highest BCUT2D eigenvalue weighted by Gasteiger charge is 2.30. The van der Waals surface area contributed by atoms with Crippen LogP contribution >= 0.6 is 11.6 Å². The van der Waals surface area contributed by atoms with Gasteiger partial charge in [0.25, 0.3) is 5.91 Å². The zero-order valence-corrected chi connectivity index (χ0v) is 14.3. The van der Waals surface area contributed by atoms with Gasteiger partial charge < -0.3 is 10.1 Å². The number of carbonyl (C=O) groups excluding carboxylic acids is 2. The van der Waals surface area contributed by atoms with Crippen LogP contribution < -0.4 is 10.0 Å². The van der Waals surface area contributed by atoms with E-state index < -0.39 is 22.6 Å². The van der Waals surface area contributed by atoms with Gasteiger partial charge in [0, 0.05) is 12.1 Å². The quantitative estimate of drug-likeness (QED) is 0.700. The van der Waals surface area contributed by atoms with E-state index in [9.17, 15) is 18.0 Å². The molecule has 3 rings (SSSR count). The second-order valence-corrected chi connectivity index (χ2v) is 8.05. The average Bonchev–Trinajstić information content (AvgIpc) is 3.42. The van der Waals surface area contributed by atoms with Gasteiger partial charge in [-0.1, -0.05) is 11.6 Å². The summed E-state index contributed by atoms with van der Waals surface area (Å²) in [6.07, 6.45) is 3.45.